The summed E-state index contributed by atoms with van der Waals surface area (Å²) in [7, 11) is 0. The molecule has 52 heavy (non-hydrogen) atoms. The first-order chi connectivity index (χ1) is 25.8. The molecular formula is C47H28N4O. The summed E-state index contributed by atoms with van der Waals surface area (Å²) in [5.74, 6) is 0. The van der Waals surface area contributed by atoms with E-state index >= 15 is 0 Å². The van der Waals surface area contributed by atoms with Crippen LogP contribution in [0.25, 0.3) is 104 Å². The van der Waals surface area contributed by atoms with Crippen LogP contribution < -0.4 is 0 Å². The quantitative estimate of drug-likeness (QED) is 0.189. The molecule has 0 spiro atoms. The average molecular weight is 665 g/mol. The summed E-state index contributed by atoms with van der Waals surface area (Å²) >= 11 is 0. The summed E-state index contributed by atoms with van der Waals surface area (Å²) in [5.41, 5.74) is 11.9. The van der Waals surface area contributed by atoms with Crippen LogP contribution in [0.1, 0.15) is 0 Å². The van der Waals surface area contributed by atoms with Gasteiger partial charge < -0.3 is 18.1 Å². The van der Waals surface area contributed by atoms with Crippen LogP contribution in [0.3, 0.4) is 0 Å². The van der Waals surface area contributed by atoms with Gasteiger partial charge in [0.05, 0.1) is 39.3 Å². The van der Waals surface area contributed by atoms with Crippen LogP contribution >= 0.6 is 0 Å². The normalized spacial score (nSPS) is 12.2. The fraction of sp³-hybridized carbons (Fsp3) is 0. The molecule has 0 aliphatic heterocycles. The predicted octanol–water partition coefficient (Wildman–Crippen LogP) is 12.3. The molecule has 0 radical (unpaired) electrons. The summed E-state index contributed by atoms with van der Waals surface area (Å²) in [6.07, 6.45) is 3.83. The van der Waals surface area contributed by atoms with E-state index in [0.29, 0.717) is 0 Å². The van der Waals surface area contributed by atoms with Crippen molar-refractivity contribution in [2.75, 3.05) is 0 Å². The van der Waals surface area contributed by atoms with Gasteiger partial charge in [0.1, 0.15) is 11.3 Å². The van der Waals surface area contributed by atoms with Crippen molar-refractivity contribution in [2.45, 2.75) is 0 Å². The molecule has 242 valence electrons. The largest absolute Gasteiger partial charge is 0.454 e. The first-order valence-electron chi connectivity index (χ1n) is 17.6. The zero-order valence-corrected chi connectivity index (χ0v) is 27.9. The van der Waals surface area contributed by atoms with Crippen molar-refractivity contribution >= 4 is 87.4 Å². The summed E-state index contributed by atoms with van der Waals surface area (Å²) < 4.78 is 13.6. The molecule has 0 unspecified atom stereocenters. The lowest BCUT2D eigenvalue weighted by Crippen LogP contribution is -1.97. The molecule has 12 aromatic rings. The number of hydrogen-bond donors (Lipinski definition) is 0. The van der Waals surface area contributed by atoms with E-state index in [1.165, 1.54) is 54.4 Å². The Bertz CT molecular complexity index is 3370. The minimum absolute atomic E-state index is 0.837. The van der Waals surface area contributed by atoms with E-state index in [1.54, 1.807) is 0 Å². The second-order valence-electron chi connectivity index (χ2n) is 13.6. The first-order valence-corrected chi connectivity index (χ1v) is 17.6. The number of nitrogens with zero attached hydrogens (tertiary/aromatic N) is 4. The van der Waals surface area contributed by atoms with Gasteiger partial charge in [-0.1, -0.05) is 91.0 Å². The lowest BCUT2D eigenvalue weighted by Gasteiger charge is -2.11. The smallest absolute Gasteiger partial charge is 0.162 e. The van der Waals surface area contributed by atoms with Gasteiger partial charge in [-0.05, 0) is 66.7 Å². The Hall–Kier alpha value is -7.11. The lowest BCUT2D eigenvalue weighted by atomic mass is 10.1. The van der Waals surface area contributed by atoms with Crippen molar-refractivity contribution in [1.29, 1.82) is 0 Å². The molecule has 7 aromatic carbocycles. The van der Waals surface area contributed by atoms with Gasteiger partial charge in [0.2, 0.25) is 0 Å². The minimum Gasteiger partial charge on any atom is -0.454 e. The van der Waals surface area contributed by atoms with Crippen molar-refractivity contribution in [3.63, 3.8) is 0 Å². The van der Waals surface area contributed by atoms with E-state index in [9.17, 15) is 0 Å². The van der Waals surface area contributed by atoms with Gasteiger partial charge in [-0.2, -0.15) is 0 Å². The van der Waals surface area contributed by atoms with Gasteiger partial charge in [-0.25, -0.2) is 0 Å². The maximum Gasteiger partial charge on any atom is 0.162 e. The highest BCUT2D eigenvalue weighted by Gasteiger charge is 2.20. The highest BCUT2D eigenvalue weighted by Crippen LogP contribution is 2.40. The van der Waals surface area contributed by atoms with Crippen molar-refractivity contribution in [1.82, 2.24) is 18.7 Å². The van der Waals surface area contributed by atoms with Gasteiger partial charge in [-0.3, -0.25) is 4.98 Å². The first kappa shape index (κ1) is 27.7. The van der Waals surface area contributed by atoms with Crippen LogP contribution in [0, 0.1) is 0 Å². The van der Waals surface area contributed by atoms with Crippen LogP contribution in [0.4, 0.5) is 0 Å². The number of hydrogen-bond acceptors (Lipinski definition) is 2. The second kappa shape index (κ2) is 10.2. The summed E-state index contributed by atoms with van der Waals surface area (Å²) in [6, 6.07) is 56.7. The highest BCUT2D eigenvalue weighted by atomic mass is 16.3. The van der Waals surface area contributed by atoms with E-state index in [1.807, 2.05) is 30.6 Å². The van der Waals surface area contributed by atoms with E-state index < -0.39 is 0 Å². The van der Waals surface area contributed by atoms with Crippen LogP contribution in [0.5, 0.6) is 0 Å². The van der Waals surface area contributed by atoms with Gasteiger partial charge in [0.25, 0.3) is 0 Å². The van der Waals surface area contributed by atoms with Crippen molar-refractivity contribution in [2.24, 2.45) is 0 Å². The maximum absolute atomic E-state index is 6.50. The maximum atomic E-state index is 6.50. The van der Waals surface area contributed by atoms with Gasteiger partial charge >= 0.3 is 0 Å². The molecule has 0 saturated heterocycles. The van der Waals surface area contributed by atoms with Crippen LogP contribution in [-0.4, -0.2) is 18.7 Å². The molecule has 5 nitrogen and oxygen atoms in total. The lowest BCUT2D eigenvalue weighted by molar-refractivity contribution is 0.666. The monoisotopic (exact) mass is 664 g/mol. The number of para-hydroxylation sites is 5. The molecule has 5 heteroatoms. The Morgan fingerprint density at radius 2 is 0.769 bits per heavy atom. The fourth-order valence-corrected chi connectivity index (χ4v) is 8.72. The van der Waals surface area contributed by atoms with Crippen LogP contribution in [-0.2, 0) is 0 Å². The molecule has 0 saturated carbocycles. The number of furan rings is 1. The summed E-state index contributed by atoms with van der Waals surface area (Å²) in [6.45, 7) is 0. The SMILES string of the molecule is c1ccc2c(c1)oc1c(-n3c4ccccc4c4cc(-n5c6ccccc6c6cc(-n7c8ccccc8c8ccccc87)ccc65)ccc43)cncc12. The Kier molecular flexibility index (Phi) is 5.44. The molecule has 0 aliphatic rings. The number of fused-ring (bicyclic) bond motifs is 12. The molecule has 5 aromatic heterocycles. The third-order valence-electron chi connectivity index (χ3n) is 10.9. The summed E-state index contributed by atoms with van der Waals surface area (Å²) in [4.78, 5) is 4.70. The van der Waals surface area contributed by atoms with Crippen molar-refractivity contribution in [3.8, 4) is 17.1 Å². The fourth-order valence-electron chi connectivity index (χ4n) is 8.72. The van der Waals surface area contributed by atoms with Crippen LogP contribution in [0.2, 0.25) is 0 Å². The Balaban J connectivity index is 1.10. The molecule has 0 N–H and O–H groups in total. The molecule has 0 bridgehead atoms. The third kappa shape index (κ3) is 3.64. The van der Waals surface area contributed by atoms with E-state index in [2.05, 4.69) is 153 Å². The third-order valence-corrected chi connectivity index (χ3v) is 10.9. The summed E-state index contributed by atoms with van der Waals surface area (Å²) in [5, 5.41) is 9.42. The highest BCUT2D eigenvalue weighted by molar-refractivity contribution is 6.15. The topological polar surface area (TPSA) is 40.8 Å². The van der Waals surface area contributed by atoms with Gasteiger partial charge in [0, 0.05) is 60.7 Å². The molecule has 5 heterocycles. The number of rotatable bonds is 3. The van der Waals surface area contributed by atoms with E-state index in [-0.39, 0.29) is 0 Å². The second-order valence-corrected chi connectivity index (χ2v) is 13.6. The van der Waals surface area contributed by atoms with Crippen LogP contribution in [0.15, 0.2) is 175 Å². The standard InChI is InChI=1S/C47H28N4O/c1-6-16-39-31(11-1)32-12-2-7-17-40(32)49(39)29-21-23-43-36(25-29)33-13-3-8-18-41(33)50(43)30-22-24-44-37(26-30)34-14-4-9-19-42(34)51(44)45-28-48-27-38-35-15-5-10-20-46(35)52-47(38)45/h1-28H. The van der Waals surface area contributed by atoms with Crippen molar-refractivity contribution in [3.05, 3.63) is 170 Å². The molecule has 0 aliphatic carbocycles. The van der Waals surface area contributed by atoms with Gasteiger partial charge in [-0.15, -0.1) is 0 Å². The number of pyridine rings is 1. The zero-order valence-electron chi connectivity index (χ0n) is 27.9. The molecule has 0 atom stereocenters. The average Bonchev–Trinajstić information content (AvgIpc) is 3.94. The Morgan fingerprint density at radius 3 is 1.33 bits per heavy atom. The van der Waals surface area contributed by atoms with Crippen molar-refractivity contribution < 1.29 is 4.42 Å². The van der Waals surface area contributed by atoms with Gasteiger partial charge in [0.15, 0.2) is 5.58 Å². The zero-order chi connectivity index (χ0) is 33.9. The van der Waals surface area contributed by atoms with E-state index in [0.717, 1.165) is 50.0 Å². The molecule has 0 fully saturated rings. The Morgan fingerprint density at radius 1 is 0.346 bits per heavy atom. The predicted molar refractivity (Wildman–Crippen MR) is 215 cm³/mol. The molecular weight excluding hydrogens is 637 g/mol. The Labute approximate surface area is 296 Å². The van der Waals surface area contributed by atoms with E-state index in [4.69, 9.17) is 9.40 Å². The molecule has 0 amide bonds. The molecule has 12 rings (SSSR count). The minimum atomic E-state index is 0.837. The number of benzene rings is 7. The number of aromatic nitrogens is 4.